The fourth-order valence-electron chi connectivity index (χ4n) is 2.69. The molecule has 1 heterocycles. The molecule has 0 saturated heterocycles. The van der Waals surface area contributed by atoms with Gasteiger partial charge >= 0.3 is 0 Å². The molecule has 0 amide bonds. The van der Waals surface area contributed by atoms with Crippen LogP contribution < -0.4 is 0 Å². The minimum absolute atomic E-state index is 1.07. The third-order valence-electron chi connectivity index (χ3n) is 4.11. The van der Waals surface area contributed by atoms with E-state index in [9.17, 15) is 0 Å². The molecule has 1 heteroatoms. The predicted molar refractivity (Wildman–Crippen MR) is 93.1 cm³/mol. The van der Waals surface area contributed by atoms with Gasteiger partial charge in [-0.05, 0) is 12.5 Å². The van der Waals surface area contributed by atoms with Gasteiger partial charge in [-0.3, -0.25) is 0 Å². The van der Waals surface area contributed by atoms with Gasteiger partial charge in [0.25, 0.3) is 0 Å². The normalized spacial score (nSPS) is 13.8. The van der Waals surface area contributed by atoms with Crippen LogP contribution in [0.15, 0.2) is 36.3 Å². The Bertz CT molecular complexity index is 325. The Morgan fingerprint density at radius 2 is 1.33 bits per heavy atom. The van der Waals surface area contributed by atoms with E-state index < -0.39 is 0 Å². The summed E-state index contributed by atoms with van der Waals surface area (Å²) in [6.07, 6.45) is 23.7. The second kappa shape index (κ2) is 12.7. The summed E-state index contributed by atoms with van der Waals surface area (Å²) in [5, 5.41) is 0. The lowest BCUT2D eigenvalue weighted by Gasteiger charge is -2.02. The van der Waals surface area contributed by atoms with Crippen molar-refractivity contribution in [1.82, 2.24) is 0 Å². The Hall–Kier alpha value is -0.980. The third kappa shape index (κ3) is 10.4. The Morgan fingerprint density at radius 1 is 0.810 bits per heavy atom. The van der Waals surface area contributed by atoms with Gasteiger partial charge in [-0.25, -0.2) is 0 Å². The number of unbranched alkanes of at least 4 members (excludes halogenated alkanes) is 11. The average molecular weight is 290 g/mol. The second-order valence-electron chi connectivity index (χ2n) is 6.12. The second-order valence-corrected chi connectivity index (χ2v) is 6.12. The van der Waals surface area contributed by atoms with Crippen LogP contribution in [0.5, 0.6) is 0 Å². The highest BCUT2D eigenvalue weighted by atomic mass is 16.6. The van der Waals surface area contributed by atoms with Crippen molar-refractivity contribution in [3.8, 4) is 0 Å². The molecule has 0 aromatic heterocycles. The maximum atomic E-state index is 5.42. The first-order chi connectivity index (χ1) is 10.4. The van der Waals surface area contributed by atoms with Crippen molar-refractivity contribution in [3.63, 3.8) is 0 Å². The van der Waals surface area contributed by atoms with Crippen LogP contribution in [0, 0.1) is 0 Å². The Morgan fingerprint density at radius 3 is 1.86 bits per heavy atom. The molecule has 0 aromatic rings. The van der Waals surface area contributed by atoms with Gasteiger partial charge < -0.3 is 4.74 Å². The first-order valence-electron chi connectivity index (χ1n) is 9.08. The van der Waals surface area contributed by atoms with Gasteiger partial charge in [0.2, 0.25) is 0 Å². The first-order valence-corrected chi connectivity index (χ1v) is 9.08. The van der Waals surface area contributed by atoms with Gasteiger partial charge in [0.15, 0.2) is 5.76 Å². The van der Waals surface area contributed by atoms with Crippen molar-refractivity contribution in [3.05, 3.63) is 36.3 Å². The lowest BCUT2D eigenvalue weighted by Crippen LogP contribution is -1.82. The Kier molecular flexibility index (Phi) is 11.0. The van der Waals surface area contributed by atoms with E-state index in [0.29, 0.717) is 0 Å². The van der Waals surface area contributed by atoms with Crippen LogP contribution in [0.25, 0.3) is 0 Å². The SMILES string of the molecule is C=CC=CC1=C(CCCCCCCCCCCCCC)O1. The largest absolute Gasteiger partial charge is 0.454 e. The molecule has 1 aliphatic heterocycles. The molecule has 1 rings (SSSR count). The molecule has 0 radical (unpaired) electrons. The molecule has 0 unspecified atom stereocenters. The van der Waals surface area contributed by atoms with Crippen LogP contribution in [0.1, 0.15) is 90.4 Å². The van der Waals surface area contributed by atoms with Gasteiger partial charge in [0.1, 0.15) is 5.76 Å². The van der Waals surface area contributed by atoms with Crippen molar-refractivity contribution >= 4 is 0 Å². The van der Waals surface area contributed by atoms with E-state index in [-0.39, 0.29) is 0 Å². The maximum Gasteiger partial charge on any atom is 0.165 e. The quantitative estimate of drug-likeness (QED) is 0.232. The topological polar surface area (TPSA) is 12.5 Å². The molecule has 0 N–H and O–H groups in total. The smallest absolute Gasteiger partial charge is 0.165 e. The van der Waals surface area contributed by atoms with Crippen molar-refractivity contribution in [2.75, 3.05) is 0 Å². The third-order valence-corrected chi connectivity index (χ3v) is 4.11. The highest BCUT2D eigenvalue weighted by Crippen LogP contribution is 2.32. The van der Waals surface area contributed by atoms with Crippen LogP contribution in [-0.2, 0) is 4.74 Å². The van der Waals surface area contributed by atoms with Gasteiger partial charge in [-0.1, -0.05) is 96.3 Å². The summed E-state index contributed by atoms with van der Waals surface area (Å²) >= 11 is 0. The standard InChI is InChI=1S/C20H34O/c1-3-5-7-8-9-10-11-12-13-14-15-16-18-20-19(21-20)17-6-4-2/h4,6,17H,2-3,5,7-16,18H2,1H3. The molecule has 0 fully saturated rings. The predicted octanol–water partition coefficient (Wildman–Crippen LogP) is 7.06. The zero-order valence-electron chi connectivity index (χ0n) is 14.0. The first kappa shape index (κ1) is 18.1. The summed E-state index contributed by atoms with van der Waals surface area (Å²) in [7, 11) is 0. The molecule has 0 atom stereocenters. The summed E-state index contributed by atoms with van der Waals surface area (Å²) in [6, 6.07) is 0. The Balaban J connectivity index is 1.76. The van der Waals surface area contributed by atoms with Gasteiger partial charge in [-0.2, -0.15) is 0 Å². The zero-order chi connectivity index (χ0) is 15.2. The Labute approximate surface area is 132 Å². The number of ether oxygens (including phenoxy) is 1. The maximum absolute atomic E-state index is 5.42. The van der Waals surface area contributed by atoms with E-state index in [2.05, 4.69) is 13.5 Å². The number of hydrogen-bond acceptors (Lipinski definition) is 1. The van der Waals surface area contributed by atoms with E-state index >= 15 is 0 Å². The van der Waals surface area contributed by atoms with Gasteiger partial charge in [0.05, 0.1) is 0 Å². The molecule has 0 aliphatic carbocycles. The molecular weight excluding hydrogens is 256 g/mol. The lowest BCUT2D eigenvalue weighted by atomic mass is 10.0. The van der Waals surface area contributed by atoms with Crippen LogP contribution in [0.2, 0.25) is 0 Å². The molecule has 21 heavy (non-hydrogen) atoms. The van der Waals surface area contributed by atoms with Crippen molar-refractivity contribution < 1.29 is 4.74 Å². The number of hydrogen-bond donors (Lipinski definition) is 0. The fraction of sp³-hybridized carbons (Fsp3) is 0.700. The summed E-state index contributed by atoms with van der Waals surface area (Å²) in [5.74, 6) is 2.26. The molecule has 0 spiro atoms. The van der Waals surface area contributed by atoms with Crippen molar-refractivity contribution in [2.24, 2.45) is 0 Å². The zero-order valence-corrected chi connectivity index (χ0v) is 14.0. The highest BCUT2D eigenvalue weighted by molar-refractivity contribution is 5.30. The molecule has 0 bridgehead atoms. The summed E-state index contributed by atoms with van der Waals surface area (Å²) in [6.45, 7) is 5.94. The number of allylic oxidation sites excluding steroid dienone is 4. The minimum atomic E-state index is 1.07. The summed E-state index contributed by atoms with van der Waals surface area (Å²) in [5.41, 5.74) is 0. The highest BCUT2D eigenvalue weighted by Gasteiger charge is 2.20. The van der Waals surface area contributed by atoms with Crippen LogP contribution in [0.3, 0.4) is 0 Å². The lowest BCUT2D eigenvalue weighted by molar-refractivity contribution is 0.453. The number of rotatable bonds is 15. The van der Waals surface area contributed by atoms with Crippen LogP contribution in [-0.4, -0.2) is 0 Å². The molecule has 120 valence electrons. The van der Waals surface area contributed by atoms with Gasteiger partial charge in [0, 0.05) is 6.42 Å². The average Bonchev–Trinajstić information content (AvgIpc) is 3.24. The van der Waals surface area contributed by atoms with Crippen molar-refractivity contribution in [2.45, 2.75) is 90.4 Å². The monoisotopic (exact) mass is 290 g/mol. The summed E-state index contributed by atoms with van der Waals surface area (Å²) in [4.78, 5) is 0. The van der Waals surface area contributed by atoms with E-state index in [1.165, 1.54) is 82.8 Å². The molecular formula is C20H34O. The van der Waals surface area contributed by atoms with Crippen molar-refractivity contribution in [1.29, 1.82) is 0 Å². The molecule has 0 saturated carbocycles. The van der Waals surface area contributed by atoms with E-state index in [1.807, 2.05) is 12.2 Å². The molecule has 1 aliphatic rings. The van der Waals surface area contributed by atoms with E-state index in [4.69, 9.17) is 4.74 Å². The fourth-order valence-corrected chi connectivity index (χ4v) is 2.69. The molecule has 1 nitrogen and oxygen atoms in total. The van der Waals surface area contributed by atoms with Crippen LogP contribution in [0.4, 0.5) is 0 Å². The van der Waals surface area contributed by atoms with E-state index in [1.54, 1.807) is 6.08 Å². The van der Waals surface area contributed by atoms with E-state index in [0.717, 1.165) is 12.2 Å². The summed E-state index contributed by atoms with van der Waals surface area (Å²) < 4.78 is 5.42. The van der Waals surface area contributed by atoms with Gasteiger partial charge in [-0.15, -0.1) is 0 Å². The molecule has 0 aromatic carbocycles. The van der Waals surface area contributed by atoms with Crippen LogP contribution >= 0.6 is 0 Å². The minimum Gasteiger partial charge on any atom is -0.454 e.